The van der Waals surface area contributed by atoms with Crippen molar-refractivity contribution in [3.8, 4) is 0 Å². The molecule has 3 rings (SSSR count). The van der Waals surface area contributed by atoms with Crippen LogP contribution in [0.1, 0.15) is 11.1 Å². The van der Waals surface area contributed by atoms with Crippen LogP contribution < -0.4 is 28.0 Å². The Labute approximate surface area is 128 Å². The second-order valence-corrected chi connectivity index (χ2v) is 5.50. The molecule has 0 heterocycles. The van der Waals surface area contributed by atoms with Crippen molar-refractivity contribution in [1.82, 2.24) is 0 Å². The van der Waals surface area contributed by atoms with Gasteiger partial charge in [-0.2, -0.15) is 28.0 Å². The number of hydrogen-bond donors (Lipinski definition) is 2. The molecule has 0 aliphatic heterocycles. The topological polar surface area (TPSA) is 179 Å². The van der Waals surface area contributed by atoms with E-state index in [0.29, 0.717) is 0 Å². The first-order chi connectivity index (χ1) is 9.95. The van der Waals surface area contributed by atoms with Crippen molar-refractivity contribution in [3.63, 3.8) is 0 Å². The first-order valence-corrected chi connectivity index (χ1v) is 7.94. The number of benzene rings is 2. The molecular weight excluding hydrogens is 343 g/mol. The maximum absolute atomic E-state index is 8.60. The van der Waals surface area contributed by atoms with Crippen molar-refractivity contribution < 1.29 is 57.8 Å². The second-order valence-electron chi connectivity index (χ2n) is 3.92. The predicted octanol–water partition coefficient (Wildman–Crippen LogP) is -4.92. The largest absolute Gasteiger partial charge is 0.183 e. The zero-order valence-corrected chi connectivity index (χ0v) is 12.2. The molecule has 0 saturated carbocycles. The van der Waals surface area contributed by atoms with E-state index < -0.39 is 20.5 Å². The van der Waals surface area contributed by atoms with E-state index in [0.717, 1.165) is 0 Å². The van der Waals surface area contributed by atoms with Crippen molar-refractivity contribution >= 4 is 22.9 Å². The van der Waals surface area contributed by atoms with Gasteiger partial charge in [-0.15, -0.1) is 0 Å². The van der Waals surface area contributed by atoms with Gasteiger partial charge >= 0.3 is 0 Å². The zero-order valence-electron chi connectivity index (χ0n) is 10.7. The molecule has 2 aromatic rings. The summed E-state index contributed by atoms with van der Waals surface area (Å²) < 4.78 is 65.4. The molecule has 22 heavy (non-hydrogen) atoms. The highest BCUT2D eigenvalue weighted by molar-refractivity contribution is 6.04. The third-order valence-corrected chi connectivity index (χ3v) is 2.41. The normalized spacial score (nSPS) is 12.4. The molecule has 0 unspecified atom stereocenters. The van der Waals surface area contributed by atoms with Gasteiger partial charge in [0.05, 0.1) is 29.8 Å². The van der Waals surface area contributed by atoms with Crippen LogP contribution in [0.5, 0.6) is 0 Å². The molecule has 0 atom stereocenters. The van der Waals surface area contributed by atoms with Crippen LogP contribution in [0.15, 0.2) is 36.4 Å². The molecule has 8 nitrogen and oxygen atoms in total. The third-order valence-electron chi connectivity index (χ3n) is 2.41. The zero-order chi connectivity index (χ0) is 17.0. The van der Waals surface area contributed by atoms with Crippen LogP contribution in [-0.4, -0.2) is 9.32 Å². The Morgan fingerprint density at radius 3 is 1.27 bits per heavy atom. The molecule has 1 aliphatic carbocycles. The molecule has 0 radical (unpaired) electrons. The van der Waals surface area contributed by atoms with Crippen molar-refractivity contribution in [2.45, 2.75) is 0 Å². The maximum atomic E-state index is 8.60. The van der Waals surface area contributed by atoms with E-state index in [1.165, 1.54) is 21.9 Å². The van der Waals surface area contributed by atoms with Gasteiger partial charge in [0, 0.05) is 0 Å². The molecule has 120 valence electrons. The SMILES string of the molecule is C1=Cc2cccc3cccc1c23.[O-][Cl+3]([O-])([O-])O.[O-][Cl+3]([O-])([O-])O. The quantitative estimate of drug-likeness (QED) is 0.403. The van der Waals surface area contributed by atoms with E-state index >= 15 is 0 Å². The standard InChI is InChI=1S/C12H8.2ClHO4/c1-3-9-4-2-6-11-8-7-10(5-1)12(9)11;2*2-1(3,4)5/h1-8H;2*(H,2,3,4,5). The van der Waals surface area contributed by atoms with Crippen LogP contribution in [0.3, 0.4) is 0 Å². The van der Waals surface area contributed by atoms with Crippen LogP contribution in [0.4, 0.5) is 0 Å². The van der Waals surface area contributed by atoms with Gasteiger partial charge in [-0.3, -0.25) is 0 Å². The highest BCUT2D eigenvalue weighted by atomic mass is 35.7. The number of hydrogen-bond acceptors (Lipinski definition) is 8. The average Bonchev–Trinajstić information content (AvgIpc) is 2.71. The Bertz CT molecular complexity index is 595. The molecular formula is C12H10Cl2O8. The average molecular weight is 353 g/mol. The maximum Gasteiger partial charge on any atom is 0.0777 e. The van der Waals surface area contributed by atoms with Crippen molar-refractivity contribution in [2.75, 3.05) is 0 Å². The molecule has 2 aromatic carbocycles. The molecule has 2 N–H and O–H groups in total. The molecule has 0 saturated heterocycles. The van der Waals surface area contributed by atoms with Gasteiger partial charge < -0.3 is 0 Å². The smallest absolute Gasteiger partial charge is 0.0777 e. The molecule has 1 aliphatic rings. The molecule has 0 amide bonds. The summed E-state index contributed by atoms with van der Waals surface area (Å²) in [4.78, 5) is 0. The lowest BCUT2D eigenvalue weighted by Gasteiger charge is -2.03. The van der Waals surface area contributed by atoms with E-state index in [2.05, 4.69) is 48.6 Å². The van der Waals surface area contributed by atoms with Crippen molar-refractivity contribution in [2.24, 2.45) is 0 Å². The molecule has 0 spiro atoms. The molecule has 10 heteroatoms. The molecule has 0 bridgehead atoms. The lowest BCUT2D eigenvalue weighted by atomic mass is 10.0. The van der Waals surface area contributed by atoms with Crippen LogP contribution in [0, 0.1) is 20.5 Å². The molecule has 0 fully saturated rings. The second kappa shape index (κ2) is 7.31. The summed E-state index contributed by atoms with van der Waals surface area (Å²) in [5, 5.41) is 2.75. The van der Waals surface area contributed by atoms with Gasteiger partial charge in [-0.1, -0.05) is 48.6 Å². The Balaban J connectivity index is 0.000000206. The summed E-state index contributed by atoms with van der Waals surface area (Å²) in [5.74, 6) is 0. The highest BCUT2D eigenvalue weighted by Gasteiger charge is 2.06. The van der Waals surface area contributed by atoms with Crippen LogP contribution >= 0.6 is 0 Å². The first-order valence-electron chi connectivity index (χ1n) is 5.41. The van der Waals surface area contributed by atoms with Crippen molar-refractivity contribution in [1.29, 1.82) is 0 Å². The van der Waals surface area contributed by atoms with Crippen LogP contribution in [0.25, 0.3) is 22.9 Å². The minimum Gasteiger partial charge on any atom is -0.183 e. The summed E-state index contributed by atoms with van der Waals surface area (Å²) in [6.45, 7) is 0. The summed E-state index contributed by atoms with van der Waals surface area (Å²) in [7, 11) is -9.39. The summed E-state index contributed by atoms with van der Waals surface area (Å²) in [5.41, 5.74) is 2.70. The fourth-order valence-corrected chi connectivity index (χ4v) is 1.86. The molecule has 0 aromatic heterocycles. The Kier molecular flexibility index (Phi) is 6.23. The minimum absolute atomic E-state index is 1.34. The van der Waals surface area contributed by atoms with E-state index in [4.69, 9.17) is 37.3 Å². The lowest BCUT2D eigenvalue weighted by Crippen LogP contribution is -2.58. The van der Waals surface area contributed by atoms with Crippen LogP contribution in [-0.2, 0) is 0 Å². The predicted molar refractivity (Wildman–Crippen MR) is 57.3 cm³/mol. The number of rotatable bonds is 0. The van der Waals surface area contributed by atoms with Gasteiger partial charge in [0.1, 0.15) is 0 Å². The van der Waals surface area contributed by atoms with Gasteiger partial charge in [0.25, 0.3) is 0 Å². The van der Waals surface area contributed by atoms with E-state index in [9.17, 15) is 0 Å². The number of halogens is 2. The first kappa shape index (κ1) is 18.7. The van der Waals surface area contributed by atoms with E-state index in [-0.39, 0.29) is 0 Å². The lowest BCUT2D eigenvalue weighted by molar-refractivity contribution is -1.92. The summed E-state index contributed by atoms with van der Waals surface area (Å²) in [6.07, 6.45) is 4.36. The summed E-state index contributed by atoms with van der Waals surface area (Å²) >= 11 is 0. The summed E-state index contributed by atoms with van der Waals surface area (Å²) in [6, 6.07) is 12.9. The highest BCUT2D eigenvalue weighted by Crippen LogP contribution is 2.30. The Hall–Kier alpha value is -1.30. The Morgan fingerprint density at radius 2 is 0.955 bits per heavy atom. The Morgan fingerprint density at radius 1 is 0.636 bits per heavy atom. The monoisotopic (exact) mass is 352 g/mol. The fourth-order valence-electron chi connectivity index (χ4n) is 1.86. The van der Waals surface area contributed by atoms with Gasteiger partial charge in [-0.05, 0) is 21.9 Å². The third kappa shape index (κ3) is 7.64. The van der Waals surface area contributed by atoms with Gasteiger partial charge in [0.2, 0.25) is 0 Å². The van der Waals surface area contributed by atoms with Crippen molar-refractivity contribution in [3.05, 3.63) is 47.5 Å². The van der Waals surface area contributed by atoms with Gasteiger partial charge in [0.15, 0.2) is 0 Å². The minimum atomic E-state index is -4.69. The fraction of sp³-hybridized carbons (Fsp3) is 0. The van der Waals surface area contributed by atoms with E-state index in [1.54, 1.807) is 0 Å². The van der Waals surface area contributed by atoms with Gasteiger partial charge in [-0.25, -0.2) is 0 Å². The van der Waals surface area contributed by atoms with Crippen LogP contribution in [0.2, 0.25) is 0 Å². The van der Waals surface area contributed by atoms with E-state index in [1.807, 2.05) is 0 Å².